The summed E-state index contributed by atoms with van der Waals surface area (Å²) in [4.78, 5) is 9.79. The molecule has 0 spiro atoms. The highest BCUT2D eigenvalue weighted by Crippen LogP contribution is 2.33. The Morgan fingerprint density at radius 1 is 1.00 bits per heavy atom. The van der Waals surface area contributed by atoms with Gasteiger partial charge in [-0.1, -0.05) is 6.07 Å². The minimum atomic E-state index is 0.173. The van der Waals surface area contributed by atoms with Crippen LogP contribution in [-0.2, 0) is 0 Å². The van der Waals surface area contributed by atoms with Gasteiger partial charge in [-0.15, -0.1) is 0 Å². The molecular weight excluding hydrogens is 246 g/mol. The summed E-state index contributed by atoms with van der Waals surface area (Å²) in [5, 5.41) is 0. The topological polar surface area (TPSA) is 19.4 Å². The van der Waals surface area contributed by atoms with Crippen LogP contribution in [0.2, 0.25) is 0 Å². The van der Waals surface area contributed by atoms with E-state index in [1.165, 1.54) is 5.69 Å². The van der Waals surface area contributed by atoms with E-state index >= 15 is 0 Å². The summed E-state index contributed by atoms with van der Waals surface area (Å²) in [5.74, 6) is 0. The summed E-state index contributed by atoms with van der Waals surface area (Å²) in [6.45, 7) is 17.1. The molecule has 3 heteroatoms. The van der Waals surface area contributed by atoms with Crippen LogP contribution in [0.25, 0.3) is 0 Å². The van der Waals surface area contributed by atoms with E-state index in [4.69, 9.17) is 0 Å². The molecule has 1 aliphatic rings. The van der Waals surface area contributed by atoms with E-state index in [0.29, 0.717) is 6.04 Å². The van der Waals surface area contributed by atoms with Crippen molar-refractivity contribution in [3.05, 3.63) is 30.1 Å². The average molecular weight is 275 g/mol. The molecule has 1 fully saturated rings. The summed E-state index contributed by atoms with van der Waals surface area (Å²) in [7, 11) is 0. The fraction of sp³-hybridized carbons (Fsp3) is 0.706. The highest BCUT2D eigenvalue weighted by molar-refractivity contribution is 5.12. The van der Waals surface area contributed by atoms with Gasteiger partial charge < -0.3 is 0 Å². The van der Waals surface area contributed by atoms with Crippen molar-refractivity contribution in [1.82, 2.24) is 14.8 Å². The van der Waals surface area contributed by atoms with Crippen LogP contribution < -0.4 is 0 Å². The Labute approximate surface area is 124 Å². The standard InChI is InChI=1S/C17H29N3/c1-16(2,3)19-11-12-20(17(4,5)6)15(13-19)14-9-7-8-10-18-14/h7-10,15H,11-13H2,1-6H3. The van der Waals surface area contributed by atoms with Crippen molar-refractivity contribution >= 4 is 0 Å². The number of aromatic nitrogens is 1. The Balaban J connectivity index is 2.29. The van der Waals surface area contributed by atoms with Crippen LogP contribution in [0.15, 0.2) is 24.4 Å². The predicted molar refractivity (Wildman–Crippen MR) is 84.8 cm³/mol. The van der Waals surface area contributed by atoms with Crippen molar-refractivity contribution in [2.75, 3.05) is 19.6 Å². The van der Waals surface area contributed by atoms with Gasteiger partial charge in [-0.2, -0.15) is 0 Å². The highest BCUT2D eigenvalue weighted by atomic mass is 15.3. The van der Waals surface area contributed by atoms with E-state index in [2.05, 4.69) is 68.5 Å². The highest BCUT2D eigenvalue weighted by Gasteiger charge is 2.38. The average Bonchev–Trinajstić information content (AvgIpc) is 2.37. The molecule has 20 heavy (non-hydrogen) atoms. The predicted octanol–water partition coefficient (Wildman–Crippen LogP) is 3.34. The quantitative estimate of drug-likeness (QED) is 0.783. The van der Waals surface area contributed by atoms with Crippen molar-refractivity contribution in [3.63, 3.8) is 0 Å². The molecule has 1 saturated heterocycles. The van der Waals surface area contributed by atoms with Gasteiger partial charge >= 0.3 is 0 Å². The molecule has 2 heterocycles. The van der Waals surface area contributed by atoms with E-state index in [0.717, 1.165) is 19.6 Å². The van der Waals surface area contributed by atoms with Crippen LogP contribution >= 0.6 is 0 Å². The maximum Gasteiger partial charge on any atom is 0.0654 e. The molecule has 0 radical (unpaired) electrons. The van der Waals surface area contributed by atoms with Crippen molar-refractivity contribution in [1.29, 1.82) is 0 Å². The van der Waals surface area contributed by atoms with Crippen molar-refractivity contribution < 1.29 is 0 Å². The zero-order chi connectivity index (χ0) is 15.0. The van der Waals surface area contributed by atoms with Crippen LogP contribution in [0.5, 0.6) is 0 Å². The van der Waals surface area contributed by atoms with Gasteiger partial charge in [0.25, 0.3) is 0 Å². The molecule has 1 aliphatic heterocycles. The van der Waals surface area contributed by atoms with Crippen molar-refractivity contribution in [2.45, 2.75) is 58.7 Å². The Morgan fingerprint density at radius 2 is 1.70 bits per heavy atom. The SMILES string of the molecule is CC(C)(C)N1CCN(C(C)(C)C)C(c2ccccn2)C1. The van der Waals surface area contributed by atoms with E-state index < -0.39 is 0 Å². The zero-order valence-corrected chi connectivity index (χ0v) is 13.8. The summed E-state index contributed by atoms with van der Waals surface area (Å²) >= 11 is 0. The summed E-state index contributed by atoms with van der Waals surface area (Å²) in [6, 6.07) is 6.63. The van der Waals surface area contributed by atoms with Gasteiger partial charge in [0.05, 0.1) is 11.7 Å². The Bertz CT molecular complexity index is 428. The monoisotopic (exact) mass is 275 g/mol. The fourth-order valence-electron chi connectivity index (χ4n) is 3.02. The number of hydrogen-bond donors (Lipinski definition) is 0. The minimum absolute atomic E-state index is 0.173. The van der Waals surface area contributed by atoms with Crippen LogP contribution in [0.1, 0.15) is 53.3 Å². The minimum Gasteiger partial charge on any atom is -0.295 e. The number of piperazine rings is 1. The number of nitrogens with zero attached hydrogens (tertiary/aromatic N) is 3. The second kappa shape index (κ2) is 5.45. The smallest absolute Gasteiger partial charge is 0.0654 e. The molecule has 1 unspecified atom stereocenters. The van der Waals surface area contributed by atoms with Gasteiger partial charge in [0.1, 0.15) is 0 Å². The van der Waals surface area contributed by atoms with Crippen LogP contribution in [0.4, 0.5) is 0 Å². The van der Waals surface area contributed by atoms with Crippen LogP contribution in [0.3, 0.4) is 0 Å². The number of rotatable bonds is 1. The third-order valence-electron chi connectivity index (χ3n) is 4.22. The zero-order valence-electron chi connectivity index (χ0n) is 13.8. The molecule has 0 aliphatic carbocycles. The van der Waals surface area contributed by atoms with Gasteiger partial charge in [0.15, 0.2) is 0 Å². The second-order valence-electron chi connectivity index (χ2n) is 7.75. The lowest BCUT2D eigenvalue weighted by molar-refractivity contribution is -0.0247. The molecule has 3 nitrogen and oxygen atoms in total. The van der Waals surface area contributed by atoms with Crippen molar-refractivity contribution in [3.8, 4) is 0 Å². The number of pyridine rings is 1. The molecule has 1 atom stereocenters. The van der Waals surface area contributed by atoms with Gasteiger partial charge in [0, 0.05) is 36.9 Å². The van der Waals surface area contributed by atoms with Crippen LogP contribution in [0, 0.1) is 0 Å². The summed E-state index contributed by atoms with van der Waals surface area (Å²) in [5.41, 5.74) is 1.58. The summed E-state index contributed by atoms with van der Waals surface area (Å²) < 4.78 is 0. The largest absolute Gasteiger partial charge is 0.295 e. The van der Waals surface area contributed by atoms with Gasteiger partial charge in [-0.25, -0.2) is 0 Å². The van der Waals surface area contributed by atoms with E-state index in [9.17, 15) is 0 Å². The third-order valence-corrected chi connectivity index (χ3v) is 4.22. The third kappa shape index (κ3) is 3.39. The molecule has 2 rings (SSSR count). The Kier molecular flexibility index (Phi) is 4.22. The van der Waals surface area contributed by atoms with Crippen LogP contribution in [-0.4, -0.2) is 45.5 Å². The number of hydrogen-bond acceptors (Lipinski definition) is 3. The van der Waals surface area contributed by atoms with Gasteiger partial charge in [-0.05, 0) is 53.7 Å². The first kappa shape index (κ1) is 15.5. The maximum absolute atomic E-state index is 4.61. The first-order valence-electron chi connectivity index (χ1n) is 7.62. The first-order valence-corrected chi connectivity index (χ1v) is 7.62. The molecular formula is C17H29N3. The lowest BCUT2D eigenvalue weighted by Crippen LogP contribution is -2.59. The molecule has 0 aromatic carbocycles. The van der Waals surface area contributed by atoms with E-state index in [-0.39, 0.29) is 11.1 Å². The fourth-order valence-corrected chi connectivity index (χ4v) is 3.02. The normalized spacial score (nSPS) is 23.0. The molecule has 0 N–H and O–H groups in total. The Hall–Kier alpha value is -0.930. The second-order valence-corrected chi connectivity index (χ2v) is 7.75. The molecule has 1 aromatic heterocycles. The molecule has 0 bridgehead atoms. The molecule has 112 valence electrons. The first-order chi connectivity index (χ1) is 9.19. The van der Waals surface area contributed by atoms with E-state index in [1.807, 2.05) is 12.3 Å². The van der Waals surface area contributed by atoms with Gasteiger partial charge in [0.2, 0.25) is 0 Å². The van der Waals surface area contributed by atoms with Gasteiger partial charge in [-0.3, -0.25) is 14.8 Å². The lowest BCUT2D eigenvalue weighted by atomic mass is 9.95. The summed E-state index contributed by atoms with van der Waals surface area (Å²) in [6.07, 6.45) is 1.91. The molecule has 1 aromatic rings. The molecule has 0 amide bonds. The Morgan fingerprint density at radius 3 is 2.20 bits per heavy atom. The van der Waals surface area contributed by atoms with Crippen molar-refractivity contribution in [2.24, 2.45) is 0 Å². The lowest BCUT2D eigenvalue weighted by Gasteiger charge is -2.51. The maximum atomic E-state index is 4.61. The molecule has 0 saturated carbocycles. The van der Waals surface area contributed by atoms with E-state index in [1.54, 1.807) is 0 Å².